The smallest absolute Gasteiger partial charge is 0.0925 e. The average Bonchev–Trinajstić information content (AvgIpc) is 2.31. The molecule has 0 saturated heterocycles. The standard InChI is InChI=1S/C7H13N3.ClH/c1-6-7(3-2-4-8)10-5-9-6;/h5H,2-4,8H2,1H3,(H,9,10);1H. The fourth-order valence-corrected chi connectivity index (χ4v) is 0.909. The minimum atomic E-state index is 0. The second-order valence-electron chi connectivity index (χ2n) is 2.37. The third-order valence-corrected chi connectivity index (χ3v) is 1.55. The number of hydrogen-bond acceptors (Lipinski definition) is 2. The topological polar surface area (TPSA) is 54.7 Å². The quantitative estimate of drug-likeness (QED) is 0.721. The first-order valence-corrected chi connectivity index (χ1v) is 3.53. The summed E-state index contributed by atoms with van der Waals surface area (Å²) in [6.45, 7) is 2.77. The van der Waals surface area contributed by atoms with Crippen LogP contribution in [0.3, 0.4) is 0 Å². The van der Waals surface area contributed by atoms with E-state index in [1.54, 1.807) is 6.33 Å². The molecule has 0 unspecified atom stereocenters. The Balaban J connectivity index is 0.000001000. The van der Waals surface area contributed by atoms with Crippen molar-refractivity contribution in [2.24, 2.45) is 5.73 Å². The van der Waals surface area contributed by atoms with Crippen LogP contribution in [0.15, 0.2) is 6.33 Å². The number of aromatic nitrogens is 2. The van der Waals surface area contributed by atoms with Crippen molar-refractivity contribution in [3.8, 4) is 0 Å². The Morgan fingerprint density at radius 3 is 2.82 bits per heavy atom. The van der Waals surface area contributed by atoms with Crippen molar-refractivity contribution in [2.75, 3.05) is 6.54 Å². The number of nitrogens with zero attached hydrogens (tertiary/aromatic N) is 1. The molecule has 0 aliphatic heterocycles. The maximum absolute atomic E-state index is 5.36. The molecule has 11 heavy (non-hydrogen) atoms. The molecule has 0 radical (unpaired) electrons. The Kier molecular flexibility index (Phi) is 4.90. The number of aryl methyl sites for hydroxylation is 2. The third-order valence-electron chi connectivity index (χ3n) is 1.55. The normalized spacial score (nSPS) is 9.27. The number of rotatable bonds is 3. The minimum Gasteiger partial charge on any atom is -0.348 e. The fraction of sp³-hybridized carbons (Fsp3) is 0.571. The van der Waals surface area contributed by atoms with Gasteiger partial charge < -0.3 is 10.7 Å². The summed E-state index contributed by atoms with van der Waals surface area (Å²) in [7, 11) is 0. The highest BCUT2D eigenvalue weighted by molar-refractivity contribution is 5.85. The first kappa shape index (κ1) is 10.5. The Hall–Kier alpha value is -0.540. The highest BCUT2D eigenvalue weighted by Gasteiger charge is 1.97. The van der Waals surface area contributed by atoms with Crippen LogP contribution in [0.25, 0.3) is 0 Å². The zero-order valence-electron chi connectivity index (χ0n) is 6.63. The second-order valence-corrected chi connectivity index (χ2v) is 2.37. The highest BCUT2D eigenvalue weighted by Crippen LogP contribution is 2.02. The number of imidazole rings is 1. The Labute approximate surface area is 72.8 Å². The van der Waals surface area contributed by atoms with Crippen molar-refractivity contribution in [3.63, 3.8) is 0 Å². The molecule has 1 rings (SSSR count). The summed E-state index contributed by atoms with van der Waals surface area (Å²) in [6.07, 6.45) is 3.73. The zero-order chi connectivity index (χ0) is 7.40. The molecule has 3 N–H and O–H groups in total. The van der Waals surface area contributed by atoms with Crippen LogP contribution in [0.5, 0.6) is 0 Å². The summed E-state index contributed by atoms with van der Waals surface area (Å²) < 4.78 is 0. The summed E-state index contributed by atoms with van der Waals surface area (Å²) in [6, 6.07) is 0. The van der Waals surface area contributed by atoms with Gasteiger partial charge in [-0.2, -0.15) is 0 Å². The van der Waals surface area contributed by atoms with Crippen LogP contribution in [0.1, 0.15) is 17.8 Å². The lowest BCUT2D eigenvalue weighted by atomic mass is 10.2. The SMILES string of the molecule is Cc1[nH]cnc1CCCN.Cl. The summed E-state index contributed by atoms with van der Waals surface area (Å²) in [4.78, 5) is 7.17. The Morgan fingerprint density at radius 1 is 1.64 bits per heavy atom. The van der Waals surface area contributed by atoms with Gasteiger partial charge >= 0.3 is 0 Å². The van der Waals surface area contributed by atoms with E-state index in [0.717, 1.165) is 30.8 Å². The lowest BCUT2D eigenvalue weighted by Gasteiger charge is -1.94. The predicted octanol–water partition coefficient (Wildman–Crippen LogP) is 1.03. The van der Waals surface area contributed by atoms with Crippen LogP contribution >= 0.6 is 12.4 Å². The molecule has 1 aromatic rings. The summed E-state index contributed by atoms with van der Waals surface area (Å²) in [5.74, 6) is 0. The largest absolute Gasteiger partial charge is 0.348 e. The van der Waals surface area contributed by atoms with Crippen molar-refractivity contribution < 1.29 is 0 Å². The molecule has 64 valence electrons. The number of halogens is 1. The second kappa shape index (κ2) is 5.16. The van der Waals surface area contributed by atoms with Gasteiger partial charge in [0.25, 0.3) is 0 Å². The van der Waals surface area contributed by atoms with Gasteiger partial charge in [0.2, 0.25) is 0 Å². The van der Waals surface area contributed by atoms with E-state index in [1.807, 2.05) is 6.92 Å². The van der Waals surface area contributed by atoms with E-state index in [4.69, 9.17) is 5.73 Å². The fourth-order valence-electron chi connectivity index (χ4n) is 0.909. The molecule has 0 aliphatic carbocycles. The summed E-state index contributed by atoms with van der Waals surface area (Å²) in [5, 5.41) is 0. The molecule has 1 aromatic heterocycles. The monoisotopic (exact) mass is 175 g/mol. The molecule has 0 aromatic carbocycles. The summed E-state index contributed by atoms with van der Waals surface area (Å²) in [5.41, 5.74) is 7.66. The molecule has 0 fully saturated rings. The van der Waals surface area contributed by atoms with Gasteiger partial charge in [-0.15, -0.1) is 12.4 Å². The van der Waals surface area contributed by atoms with Gasteiger partial charge in [-0.1, -0.05) is 0 Å². The van der Waals surface area contributed by atoms with Crippen LogP contribution < -0.4 is 5.73 Å². The molecule has 3 nitrogen and oxygen atoms in total. The predicted molar refractivity (Wildman–Crippen MR) is 47.9 cm³/mol. The van der Waals surface area contributed by atoms with Crippen molar-refractivity contribution in [1.29, 1.82) is 0 Å². The van der Waals surface area contributed by atoms with Gasteiger partial charge in [-0.25, -0.2) is 4.98 Å². The van der Waals surface area contributed by atoms with Crippen molar-refractivity contribution in [3.05, 3.63) is 17.7 Å². The number of nitrogens with one attached hydrogen (secondary N) is 1. The van der Waals surface area contributed by atoms with Crippen molar-refractivity contribution in [1.82, 2.24) is 9.97 Å². The Bertz CT molecular complexity index is 197. The van der Waals surface area contributed by atoms with Crippen LogP contribution in [0.2, 0.25) is 0 Å². The summed E-state index contributed by atoms with van der Waals surface area (Å²) >= 11 is 0. The van der Waals surface area contributed by atoms with Gasteiger partial charge in [-0.05, 0) is 26.3 Å². The van der Waals surface area contributed by atoms with E-state index in [0.29, 0.717) is 0 Å². The molecular formula is C7H14ClN3. The molecule has 0 aliphatic rings. The lowest BCUT2D eigenvalue weighted by Crippen LogP contribution is -2.01. The van der Waals surface area contributed by atoms with E-state index in [-0.39, 0.29) is 12.4 Å². The van der Waals surface area contributed by atoms with Crippen LogP contribution in [0, 0.1) is 6.92 Å². The molecule has 0 atom stereocenters. The number of aromatic amines is 1. The zero-order valence-corrected chi connectivity index (χ0v) is 7.45. The highest BCUT2D eigenvalue weighted by atomic mass is 35.5. The molecular weight excluding hydrogens is 162 g/mol. The van der Waals surface area contributed by atoms with E-state index >= 15 is 0 Å². The number of H-pyrrole nitrogens is 1. The molecule has 0 spiro atoms. The van der Waals surface area contributed by atoms with E-state index in [2.05, 4.69) is 9.97 Å². The molecule has 0 saturated carbocycles. The van der Waals surface area contributed by atoms with Gasteiger partial charge in [0, 0.05) is 5.69 Å². The lowest BCUT2D eigenvalue weighted by molar-refractivity contribution is 0.810. The first-order chi connectivity index (χ1) is 4.84. The molecule has 4 heteroatoms. The van der Waals surface area contributed by atoms with Crippen LogP contribution in [0.4, 0.5) is 0 Å². The number of hydrogen-bond donors (Lipinski definition) is 2. The van der Waals surface area contributed by atoms with Crippen LogP contribution in [-0.4, -0.2) is 16.5 Å². The molecule has 1 heterocycles. The number of nitrogens with two attached hydrogens (primary N) is 1. The van der Waals surface area contributed by atoms with Crippen molar-refractivity contribution in [2.45, 2.75) is 19.8 Å². The average molecular weight is 176 g/mol. The van der Waals surface area contributed by atoms with Gasteiger partial charge in [0.15, 0.2) is 0 Å². The van der Waals surface area contributed by atoms with E-state index in [1.165, 1.54) is 0 Å². The molecule has 0 bridgehead atoms. The third kappa shape index (κ3) is 2.91. The van der Waals surface area contributed by atoms with Gasteiger partial charge in [0.05, 0.1) is 12.0 Å². The van der Waals surface area contributed by atoms with Crippen LogP contribution in [-0.2, 0) is 6.42 Å². The first-order valence-electron chi connectivity index (χ1n) is 3.53. The van der Waals surface area contributed by atoms with E-state index < -0.39 is 0 Å². The van der Waals surface area contributed by atoms with Crippen molar-refractivity contribution >= 4 is 12.4 Å². The molecule has 0 amide bonds. The van der Waals surface area contributed by atoms with Gasteiger partial charge in [-0.3, -0.25) is 0 Å². The Morgan fingerprint density at radius 2 is 2.36 bits per heavy atom. The van der Waals surface area contributed by atoms with E-state index in [9.17, 15) is 0 Å². The maximum atomic E-state index is 5.36. The van der Waals surface area contributed by atoms with Gasteiger partial charge in [0.1, 0.15) is 0 Å². The minimum absolute atomic E-state index is 0. The maximum Gasteiger partial charge on any atom is 0.0925 e.